The first-order chi connectivity index (χ1) is 8.54. The van der Waals surface area contributed by atoms with Gasteiger partial charge in [-0.3, -0.25) is 0 Å². The van der Waals surface area contributed by atoms with Crippen LogP contribution in [0, 0.1) is 18.3 Å². The molecule has 0 fully saturated rings. The van der Waals surface area contributed by atoms with Crippen molar-refractivity contribution in [1.29, 1.82) is 5.26 Å². The molecule has 0 saturated carbocycles. The maximum absolute atomic E-state index is 8.54. The van der Waals surface area contributed by atoms with Gasteiger partial charge in [0.2, 0.25) is 0 Å². The minimum atomic E-state index is 0.577. The Bertz CT molecular complexity index is 416. The highest BCUT2D eigenvalue weighted by Crippen LogP contribution is 2.19. The number of unbranched alkanes of at least 4 members (excludes halogenated alkanes) is 1. The summed E-state index contributed by atoms with van der Waals surface area (Å²) in [5.41, 5.74) is 4.16. The molecule has 0 bridgehead atoms. The van der Waals surface area contributed by atoms with Crippen LogP contribution in [0.5, 0.6) is 0 Å². The van der Waals surface area contributed by atoms with E-state index in [9.17, 15) is 0 Å². The van der Waals surface area contributed by atoms with E-state index in [1.54, 1.807) is 0 Å². The zero-order valence-electron chi connectivity index (χ0n) is 12.0. The van der Waals surface area contributed by atoms with Gasteiger partial charge in [0.15, 0.2) is 0 Å². The van der Waals surface area contributed by atoms with E-state index in [1.807, 2.05) is 0 Å². The maximum Gasteiger partial charge on any atom is 0.0622 e. The summed E-state index contributed by atoms with van der Waals surface area (Å²) in [4.78, 5) is 2.30. The van der Waals surface area contributed by atoms with E-state index in [1.165, 1.54) is 16.7 Å². The summed E-state index contributed by atoms with van der Waals surface area (Å²) in [7, 11) is 2.12. The molecule has 1 rings (SSSR count). The number of nitriles is 1. The number of rotatable bonds is 6. The summed E-state index contributed by atoms with van der Waals surface area (Å²) in [5, 5.41) is 8.54. The highest BCUT2D eigenvalue weighted by Gasteiger charge is 2.06. The first-order valence-corrected chi connectivity index (χ1v) is 6.69. The fourth-order valence-electron chi connectivity index (χ4n) is 2.02. The quantitative estimate of drug-likeness (QED) is 0.711. The molecule has 98 valence electrons. The predicted octanol–water partition coefficient (Wildman–Crippen LogP) is 3.85. The molecule has 2 nitrogen and oxygen atoms in total. The third-order valence-electron chi connectivity index (χ3n) is 3.31. The van der Waals surface area contributed by atoms with Gasteiger partial charge in [0.25, 0.3) is 0 Å². The van der Waals surface area contributed by atoms with Gasteiger partial charge in [0, 0.05) is 13.0 Å². The van der Waals surface area contributed by atoms with Gasteiger partial charge in [0.05, 0.1) is 6.07 Å². The van der Waals surface area contributed by atoms with Crippen LogP contribution in [0.2, 0.25) is 0 Å². The lowest BCUT2D eigenvalue weighted by molar-refractivity contribution is 0.323. The monoisotopic (exact) mass is 244 g/mol. The molecule has 0 atom stereocenters. The molecule has 0 spiro atoms. The second kappa shape index (κ2) is 7.18. The molecule has 0 radical (unpaired) electrons. The Morgan fingerprint density at radius 1 is 1.33 bits per heavy atom. The summed E-state index contributed by atoms with van der Waals surface area (Å²) >= 11 is 0. The Kier molecular flexibility index (Phi) is 5.88. The lowest BCUT2D eigenvalue weighted by Crippen LogP contribution is -2.19. The van der Waals surface area contributed by atoms with Crippen molar-refractivity contribution in [2.45, 2.75) is 46.1 Å². The Balaban J connectivity index is 2.65. The van der Waals surface area contributed by atoms with E-state index in [2.05, 4.69) is 57.0 Å². The zero-order valence-corrected chi connectivity index (χ0v) is 12.0. The number of benzene rings is 1. The molecule has 0 amide bonds. The maximum atomic E-state index is 8.54. The molecule has 18 heavy (non-hydrogen) atoms. The normalized spacial score (nSPS) is 10.9. The highest BCUT2D eigenvalue weighted by molar-refractivity contribution is 5.32. The van der Waals surface area contributed by atoms with Gasteiger partial charge < -0.3 is 4.90 Å². The molecule has 0 aromatic heterocycles. The molecule has 0 saturated heterocycles. The number of nitrogens with zero attached hydrogens (tertiary/aromatic N) is 2. The third-order valence-corrected chi connectivity index (χ3v) is 3.31. The van der Waals surface area contributed by atoms with Crippen LogP contribution in [-0.2, 0) is 6.54 Å². The summed E-state index contributed by atoms with van der Waals surface area (Å²) in [6, 6.07) is 8.95. The van der Waals surface area contributed by atoms with Crippen molar-refractivity contribution in [2.24, 2.45) is 0 Å². The van der Waals surface area contributed by atoms with E-state index in [0.717, 1.165) is 19.5 Å². The second-order valence-electron chi connectivity index (χ2n) is 5.34. The van der Waals surface area contributed by atoms with Crippen LogP contribution in [0.15, 0.2) is 18.2 Å². The molecular formula is C16H24N2. The van der Waals surface area contributed by atoms with E-state index >= 15 is 0 Å². The van der Waals surface area contributed by atoms with Gasteiger partial charge in [-0.1, -0.05) is 32.0 Å². The fourth-order valence-corrected chi connectivity index (χ4v) is 2.02. The molecule has 2 heteroatoms. The van der Waals surface area contributed by atoms with Crippen molar-refractivity contribution in [3.8, 4) is 6.07 Å². The third kappa shape index (κ3) is 4.50. The number of aryl methyl sites for hydroxylation is 1. The standard InChI is InChI=1S/C16H24N2/c1-13(2)15-8-7-14(3)16(11-15)12-18(4)10-6-5-9-17/h7-8,11,13H,5-6,10,12H2,1-4H3. The van der Waals surface area contributed by atoms with Crippen molar-refractivity contribution >= 4 is 0 Å². The Labute approximate surface area is 111 Å². The van der Waals surface area contributed by atoms with Crippen molar-refractivity contribution in [3.63, 3.8) is 0 Å². The molecule has 0 aliphatic carbocycles. The lowest BCUT2D eigenvalue weighted by Gasteiger charge is -2.18. The zero-order chi connectivity index (χ0) is 13.5. The van der Waals surface area contributed by atoms with Crippen molar-refractivity contribution in [1.82, 2.24) is 4.90 Å². The number of hydrogen-bond acceptors (Lipinski definition) is 2. The average Bonchev–Trinajstić information content (AvgIpc) is 2.32. The van der Waals surface area contributed by atoms with Gasteiger partial charge >= 0.3 is 0 Å². The van der Waals surface area contributed by atoms with Crippen LogP contribution in [0.4, 0.5) is 0 Å². The minimum absolute atomic E-state index is 0.577. The highest BCUT2D eigenvalue weighted by atomic mass is 15.1. The lowest BCUT2D eigenvalue weighted by atomic mass is 9.97. The van der Waals surface area contributed by atoms with Gasteiger partial charge in [-0.05, 0) is 49.5 Å². The van der Waals surface area contributed by atoms with Crippen molar-refractivity contribution in [2.75, 3.05) is 13.6 Å². The van der Waals surface area contributed by atoms with Crippen LogP contribution >= 0.6 is 0 Å². The van der Waals surface area contributed by atoms with Crippen LogP contribution < -0.4 is 0 Å². The van der Waals surface area contributed by atoms with Gasteiger partial charge in [-0.2, -0.15) is 5.26 Å². The molecule has 0 aliphatic heterocycles. The Hall–Kier alpha value is -1.33. The molecular weight excluding hydrogens is 220 g/mol. The Morgan fingerprint density at radius 3 is 2.67 bits per heavy atom. The van der Waals surface area contributed by atoms with Crippen LogP contribution in [0.25, 0.3) is 0 Å². The van der Waals surface area contributed by atoms with Gasteiger partial charge in [0.1, 0.15) is 0 Å². The summed E-state index contributed by atoms with van der Waals surface area (Å²) in [6.45, 7) is 8.58. The van der Waals surface area contributed by atoms with Crippen molar-refractivity contribution < 1.29 is 0 Å². The predicted molar refractivity (Wildman–Crippen MR) is 76.4 cm³/mol. The SMILES string of the molecule is Cc1ccc(C(C)C)cc1CN(C)CCCC#N. The number of hydrogen-bond donors (Lipinski definition) is 0. The van der Waals surface area contributed by atoms with Crippen LogP contribution in [0.3, 0.4) is 0 Å². The van der Waals surface area contributed by atoms with E-state index in [0.29, 0.717) is 12.3 Å². The van der Waals surface area contributed by atoms with Gasteiger partial charge in [-0.15, -0.1) is 0 Å². The molecule has 1 aromatic carbocycles. The smallest absolute Gasteiger partial charge is 0.0622 e. The summed E-state index contributed by atoms with van der Waals surface area (Å²) < 4.78 is 0. The van der Waals surface area contributed by atoms with Crippen LogP contribution in [0.1, 0.15) is 49.3 Å². The van der Waals surface area contributed by atoms with E-state index in [4.69, 9.17) is 5.26 Å². The topological polar surface area (TPSA) is 27.0 Å². The first kappa shape index (κ1) is 14.7. The summed E-state index contributed by atoms with van der Waals surface area (Å²) in [6.07, 6.45) is 1.60. The molecule has 0 unspecified atom stereocenters. The average molecular weight is 244 g/mol. The largest absolute Gasteiger partial charge is 0.302 e. The Morgan fingerprint density at radius 2 is 2.06 bits per heavy atom. The van der Waals surface area contributed by atoms with Crippen molar-refractivity contribution in [3.05, 3.63) is 34.9 Å². The minimum Gasteiger partial charge on any atom is -0.302 e. The second-order valence-corrected chi connectivity index (χ2v) is 5.34. The first-order valence-electron chi connectivity index (χ1n) is 6.69. The van der Waals surface area contributed by atoms with E-state index in [-0.39, 0.29) is 0 Å². The van der Waals surface area contributed by atoms with E-state index < -0.39 is 0 Å². The molecule has 0 aliphatic rings. The molecule has 1 aromatic rings. The molecule has 0 N–H and O–H groups in total. The molecule has 0 heterocycles. The summed E-state index contributed by atoms with van der Waals surface area (Å²) in [5.74, 6) is 0.577. The van der Waals surface area contributed by atoms with Crippen LogP contribution in [-0.4, -0.2) is 18.5 Å². The fraction of sp³-hybridized carbons (Fsp3) is 0.562. The van der Waals surface area contributed by atoms with Gasteiger partial charge in [-0.25, -0.2) is 0 Å².